The van der Waals surface area contributed by atoms with Crippen LogP contribution in [0.25, 0.3) is 10.9 Å². The molecule has 3 aromatic rings. The zero-order valence-corrected chi connectivity index (χ0v) is 13.3. The molecular formula is C18H18ClN3O. The van der Waals surface area contributed by atoms with Crippen molar-refractivity contribution in [2.24, 2.45) is 5.73 Å². The number of nitrogens with two attached hydrogens (primary N) is 1. The number of fused-ring (bicyclic) bond motifs is 1. The lowest BCUT2D eigenvalue weighted by Crippen LogP contribution is -2.41. The first-order valence-corrected chi connectivity index (χ1v) is 7.84. The summed E-state index contributed by atoms with van der Waals surface area (Å²) in [5.74, 6) is -0.185. The Kier molecular flexibility index (Phi) is 4.65. The highest BCUT2D eigenvalue weighted by molar-refractivity contribution is 6.31. The van der Waals surface area contributed by atoms with Gasteiger partial charge in [-0.05, 0) is 29.7 Å². The second-order valence-electron chi connectivity index (χ2n) is 5.48. The number of rotatable bonds is 5. The number of nitrogens with one attached hydrogen (secondary N) is 2. The molecule has 3 rings (SSSR count). The summed E-state index contributed by atoms with van der Waals surface area (Å²) in [7, 11) is 0. The molecule has 0 aliphatic rings. The quantitative estimate of drug-likeness (QED) is 0.674. The zero-order valence-electron chi connectivity index (χ0n) is 12.6. The molecule has 0 unspecified atom stereocenters. The summed E-state index contributed by atoms with van der Waals surface area (Å²) in [4.78, 5) is 15.4. The van der Waals surface area contributed by atoms with Gasteiger partial charge in [-0.2, -0.15) is 0 Å². The Morgan fingerprint density at radius 3 is 2.70 bits per heavy atom. The molecule has 1 aromatic heterocycles. The lowest BCUT2D eigenvalue weighted by atomic mass is 10.0. The molecule has 0 aliphatic carbocycles. The van der Waals surface area contributed by atoms with E-state index in [0.717, 1.165) is 22.0 Å². The van der Waals surface area contributed by atoms with E-state index in [0.29, 0.717) is 18.0 Å². The Bertz CT molecular complexity index is 828. The van der Waals surface area contributed by atoms with Crippen molar-refractivity contribution >= 4 is 28.4 Å². The molecule has 2 aromatic carbocycles. The molecule has 1 heterocycles. The van der Waals surface area contributed by atoms with Gasteiger partial charge in [0.05, 0.1) is 6.04 Å². The van der Waals surface area contributed by atoms with Gasteiger partial charge in [0.2, 0.25) is 5.91 Å². The van der Waals surface area contributed by atoms with Gasteiger partial charge < -0.3 is 16.0 Å². The van der Waals surface area contributed by atoms with Crippen LogP contribution in [0.2, 0.25) is 5.02 Å². The van der Waals surface area contributed by atoms with Gasteiger partial charge in [0.15, 0.2) is 0 Å². The smallest absolute Gasteiger partial charge is 0.237 e. The molecular weight excluding hydrogens is 310 g/mol. The maximum absolute atomic E-state index is 12.2. The summed E-state index contributed by atoms with van der Waals surface area (Å²) in [5.41, 5.74) is 9.01. The topological polar surface area (TPSA) is 70.9 Å². The van der Waals surface area contributed by atoms with Crippen LogP contribution >= 0.6 is 11.6 Å². The largest absolute Gasteiger partial charge is 0.361 e. The Labute approximate surface area is 139 Å². The number of carbonyl (C=O) groups excluding carboxylic acids is 1. The van der Waals surface area contributed by atoms with E-state index in [-0.39, 0.29) is 5.91 Å². The molecule has 0 aliphatic heterocycles. The summed E-state index contributed by atoms with van der Waals surface area (Å²) in [6, 6.07) is 14.8. The molecule has 0 spiro atoms. The number of para-hydroxylation sites is 1. The maximum atomic E-state index is 12.2. The van der Waals surface area contributed by atoms with Gasteiger partial charge in [-0.25, -0.2) is 0 Å². The highest BCUT2D eigenvalue weighted by atomic mass is 35.5. The zero-order chi connectivity index (χ0) is 16.2. The molecule has 118 valence electrons. The molecule has 0 radical (unpaired) electrons. The summed E-state index contributed by atoms with van der Waals surface area (Å²) >= 11 is 6.08. The molecule has 23 heavy (non-hydrogen) atoms. The van der Waals surface area contributed by atoms with Crippen molar-refractivity contribution in [3.8, 4) is 0 Å². The lowest BCUT2D eigenvalue weighted by Gasteiger charge is -2.12. The van der Waals surface area contributed by atoms with Crippen molar-refractivity contribution in [1.29, 1.82) is 0 Å². The standard InChI is InChI=1S/C18H18ClN3O/c19-15-7-3-1-5-12(15)10-22-18(23)16(20)9-13-11-21-17-8-4-2-6-14(13)17/h1-8,11,16,21H,9-10,20H2,(H,22,23)/t16-/m0/s1. The Morgan fingerprint density at radius 2 is 1.87 bits per heavy atom. The van der Waals surface area contributed by atoms with Crippen LogP contribution in [0.4, 0.5) is 0 Å². The normalized spacial score (nSPS) is 12.3. The highest BCUT2D eigenvalue weighted by Crippen LogP contribution is 2.19. The molecule has 1 amide bonds. The van der Waals surface area contributed by atoms with Crippen molar-refractivity contribution in [1.82, 2.24) is 10.3 Å². The summed E-state index contributed by atoms with van der Waals surface area (Å²) in [5, 5.41) is 4.58. The number of hydrogen-bond donors (Lipinski definition) is 3. The molecule has 4 nitrogen and oxygen atoms in total. The fourth-order valence-corrected chi connectivity index (χ4v) is 2.79. The second kappa shape index (κ2) is 6.86. The van der Waals surface area contributed by atoms with Gasteiger partial charge in [-0.3, -0.25) is 4.79 Å². The van der Waals surface area contributed by atoms with Gasteiger partial charge in [0.25, 0.3) is 0 Å². The van der Waals surface area contributed by atoms with E-state index in [1.807, 2.05) is 48.7 Å². The summed E-state index contributed by atoms with van der Waals surface area (Å²) in [6.45, 7) is 0.375. The molecule has 4 N–H and O–H groups in total. The van der Waals surface area contributed by atoms with Crippen molar-refractivity contribution in [2.75, 3.05) is 0 Å². The number of aromatic nitrogens is 1. The van der Waals surface area contributed by atoms with Crippen molar-refractivity contribution in [3.05, 3.63) is 70.9 Å². The number of hydrogen-bond acceptors (Lipinski definition) is 2. The van der Waals surface area contributed by atoms with Crippen molar-refractivity contribution in [3.63, 3.8) is 0 Å². The van der Waals surface area contributed by atoms with Crippen LogP contribution in [-0.2, 0) is 17.8 Å². The van der Waals surface area contributed by atoms with Gasteiger partial charge >= 0.3 is 0 Å². The molecule has 0 bridgehead atoms. The minimum Gasteiger partial charge on any atom is -0.361 e. The Hall–Kier alpha value is -2.30. The van der Waals surface area contributed by atoms with E-state index in [4.69, 9.17) is 17.3 Å². The monoisotopic (exact) mass is 327 g/mol. The molecule has 1 atom stereocenters. The first-order valence-electron chi connectivity index (χ1n) is 7.47. The predicted molar refractivity (Wildman–Crippen MR) is 93.3 cm³/mol. The number of H-pyrrole nitrogens is 1. The van der Waals surface area contributed by atoms with E-state index < -0.39 is 6.04 Å². The third-order valence-corrected chi connectivity index (χ3v) is 4.23. The van der Waals surface area contributed by atoms with Gasteiger partial charge in [-0.15, -0.1) is 0 Å². The molecule has 0 saturated heterocycles. The number of aromatic amines is 1. The number of benzene rings is 2. The highest BCUT2D eigenvalue weighted by Gasteiger charge is 2.16. The minimum absolute atomic E-state index is 0.185. The van der Waals surface area contributed by atoms with Gasteiger partial charge in [0, 0.05) is 28.7 Å². The maximum Gasteiger partial charge on any atom is 0.237 e. The van der Waals surface area contributed by atoms with Crippen LogP contribution < -0.4 is 11.1 Å². The number of halogens is 1. The second-order valence-corrected chi connectivity index (χ2v) is 5.89. The van der Waals surface area contributed by atoms with Gasteiger partial charge in [0.1, 0.15) is 0 Å². The van der Waals surface area contributed by atoms with Crippen molar-refractivity contribution in [2.45, 2.75) is 19.0 Å². The molecule has 5 heteroatoms. The molecule has 0 saturated carbocycles. The predicted octanol–water partition coefficient (Wildman–Crippen LogP) is 3.01. The summed E-state index contributed by atoms with van der Waals surface area (Å²) < 4.78 is 0. The van der Waals surface area contributed by atoms with Crippen molar-refractivity contribution < 1.29 is 4.79 Å². The first kappa shape index (κ1) is 15.6. The number of amides is 1. The Morgan fingerprint density at radius 1 is 1.13 bits per heavy atom. The first-order chi connectivity index (χ1) is 11.1. The third-order valence-electron chi connectivity index (χ3n) is 3.86. The fraction of sp³-hybridized carbons (Fsp3) is 0.167. The van der Waals surface area contributed by atoms with Crippen LogP contribution in [0.5, 0.6) is 0 Å². The minimum atomic E-state index is -0.600. The summed E-state index contributed by atoms with van der Waals surface area (Å²) in [6.07, 6.45) is 2.39. The number of carbonyl (C=O) groups is 1. The van der Waals surface area contributed by atoms with E-state index in [1.165, 1.54) is 0 Å². The Balaban J connectivity index is 1.63. The van der Waals surface area contributed by atoms with Crippen LogP contribution in [0, 0.1) is 0 Å². The third kappa shape index (κ3) is 3.55. The average molecular weight is 328 g/mol. The lowest BCUT2D eigenvalue weighted by molar-refractivity contribution is -0.122. The van der Waals surface area contributed by atoms with Gasteiger partial charge in [-0.1, -0.05) is 48.0 Å². The van der Waals surface area contributed by atoms with E-state index in [2.05, 4.69) is 10.3 Å². The van der Waals surface area contributed by atoms with E-state index in [1.54, 1.807) is 6.07 Å². The van der Waals surface area contributed by atoms with E-state index in [9.17, 15) is 4.79 Å². The van der Waals surface area contributed by atoms with Crippen LogP contribution in [0.1, 0.15) is 11.1 Å². The van der Waals surface area contributed by atoms with E-state index >= 15 is 0 Å². The van der Waals surface area contributed by atoms with Crippen LogP contribution in [-0.4, -0.2) is 16.9 Å². The molecule has 0 fully saturated rings. The van der Waals surface area contributed by atoms with Crippen LogP contribution in [0.15, 0.2) is 54.7 Å². The van der Waals surface area contributed by atoms with Crippen LogP contribution in [0.3, 0.4) is 0 Å². The fourth-order valence-electron chi connectivity index (χ4n) is 2.59. The SMILES string of the molecule is N[C@@H](Cc1c[nH]c2ccccc12)C(=O)NCc1ccccc1Cl. The average Bonchev–Trinajstić information content (AvgIpc) is 2.97.